The van der Waals surface area contributed by atoms with Gasteiger partial charge in [0.05, 0.1) is 0 Å². The van der Waals surface area contributed by atoms with E-state index in [9.17, 15) is 0 Å². The third-order valence-corrected chi connectivity index (χ3v) is 4.96. The Balaban J connectivity index is 2.00. The molecule has 5 rings (SSSR count). The van der Waals surface area contributed by atoms with Crippen molar-refractivity contribution in [2.24, 2.45) is 0 Å². The van der Waals surface area contributed by atoms with Crippen molar-refractivity contribution >= 4 is 11.1 Å². The van der Waals surface area contributed by atoms with Crippen LogP contribution in [0.25, 0.3) is 33.4 Å². The van der Waals surface area contributed by atoms with Gasteiger partial charge in [-0.15, -0.1) is 12.8 Å². The standard InChI is InChI=1S/C24H12/c1-3-15-17-9-5-7-11-19(17)23-14-22-16(4-2)18-10-6-8-12-20(18)24(22)13-21(15)23/h1-2,5-14H. The van der Waals surface area contributed by atoms with Crippen LogP contribution < -0.4 is 10.4 Å². The molecule has 3 aromatic rings. The van der Waals surface area contributed by atoms with Crippen molar-refractivity contribution in [2.75, 3.05) is 0 Å². The van der Waals surface area contributed by atoms with E-state index < -0.39 is 0 Å². The largest absolute Gasteiger partial charge is 0.115 e. The van der Waals surface area contributed by atoms with Crippen LogP contribution in [0.2, 0.25) is 0 Å². The zero-order chi connectivity index (χ0) is 16.3. The fourth-order valence-corrected chi connectivity index (χ4v) is 3.93. The quantitative estimate of drug-likeness (QED) is 0.559. The monoisotopic (exact) mass is 300 g/mol. The molecule has 0 bridgehead atoms. The molecule has 0 saturated carbocycles. The molecule has 108 valence electrons. The topological polar surface area (TPSA) is 0 Å². The molecule has 2 aliphatic carbocycles. The van der Waals surface area contributed by atoms with Crippen molar-refractivity contribution in [2.45, 2.75) is 0 Å². The molecule has 0 unspecified atom stereocenters. The van der Waals surface area contributed by atoms with E-state index >= 15 is 0 Å². The summed E-state index contributed by atoms with van der Waals surface area (Å²) in [5, 5.41) is 2.26. The number of rotatable bonds is 0. The number of terminal acetylenes is 2. The molecule has 2 aliphatic rings. The second-order valence-electron chi connectivity index (χ2n) is 6.07. The summed E-state index contributed by atoms with van der Waals surface area (Å²) in [5.74, 6) is 5.77. The minimum atomic E-state index is 0.968. The van der Waals surface area contributed by atoms with E-state index in [1.54, 1.807) is 0 Å². The summed E-state index contributed by atoms with van der Waals surface area (Å²) in [7, 11) is 0. The predicted octanol–water partition coefficient (Wildman–Crippen LogP) is 3.31. The lowest BCUT2D eigenvalue weighted by Gasteiger charge is -2.03. The lowest BCUT2D eigenvalue weighted by atomic mass is 10.0. The molecule has 0 nitrogen and oxygen atoms in total. The van der Waals surface area contributed by atoms with Crippen molar-refractivity contribution in [3.05, 3.63) is 82.2 Å². The van der Waals surface area contributed by atoms with Crippen LogP contribution in [0, 0.1) is 24.7 Å². The first-order chi connectivity index (χ1) is 11.8. The van der Waals surface area contributed by atoms with Gasteiger partial charge in [-0.1, -0.05) is 60.4 Å². The molecule has 0 heterocycles. The van der Waals surface area contributed by atoms with Crippen LogP contribution in [-0.2, 0) is 0 Å². The fraction of sp³-hybridized carbons (Fsp3) is 0. The Labute approximate surface area is 140 Å². The van der Waals surface area contributed by atoms with Crippen LogP contribution in [0.1, 0.15) is 11.1 Å². The second-order valence-corrected chi connectivity index (χ2v) is 6.07. The summed E-state index contributed by atoms with van der Waals surface area (Å²) >= 11 is 0. The molecule has 0 N–H and O–H groups in total. The highest BCUT2D eigenvalue weighted by molar-refractivity contribution is 6.00. The summed E-state index contributed by atoms with van der Waals surface area (Å²) in [6.07, 6.45) is 11.7. The summed E-state index contributed by atoms with van der Waals surface area (Å²) in [4.78, 5) is 0. The molecule has 0 aliphatic heterocycles. The van der Waals surface area contributed by atoms with Crippen molar-refractivity contribution < 1.29 is 0 Å². The summed E-state index contributed by atoms with van der Waals surface area (Å²) in [6, 6.07) is 21.0. The minimum absolute atomic E-state index is 0.968. The molecule has 24 heavy (non-hydrogen) atoms. The van der Waals surface area contributed by atoms with Gasteiger partial charge in [-0.05, 0) is 56.0 Å². The maximum Gasteiger partial charge on any atom is 0.0400 e. The molecule has 0 spiro atoms. The van der Waals surface area contributed by atoms with Crippen molar-refractivity contribution in [3.63, 3.8) is 0 Å². The van der Waals surface area contributed by atoms with Crippen molar-refractivity contribution in [1.82, 2.24) is 0 Å². The third kappa shape index (κ3) is 1.45. The van der Waals surface area contributed by atoms with Crippen LogP contribution >= 0.6 is 0 Å². The molecular formula is C24H12. The molecular weight excluding hydrogens is 288 g/mol. The molecule has 0 atom stereocenters. The maximum atomic E-state index is 5.83. The first kappa shape index (κ1) is 13.0. The zero-order valence-electron chi connectivity index (χ0n) is 12.9. The molecule has 0 amide bonds. The van der Waals surface area contributed by atoms with Crippen LogP contribution in [-0.4, -0.2) is 0 Å². The van der Waals surface area contributed by atoms with E-state index in [0.29, 0.717) is 0 Å². The highest BCUT2D eigenvalue weighted by Crippen LogP contribution is 2.35. The average Bonchev–Trinajstić information content (AvgIpc) is 3.11. The van der Waals surface area contributed by atoms with E-state index in [1.165, 1.54) is 22.3 Å². The van der Waals surface area contributed by atoms with Gasteiger partial charge in [0.1, 0.15) is 0 Å². The first-order valence-corrected chi connectivity index (χ1v) is 7.89. The summed E-state index contributed by atoms with van der Waals surface area (Å²) in [5.41, 5.74) is 8.94. The Morgan fingerprint density at radius 3 is 1.25 bits per heavy atom. The number of hydrogen-bond acceptors (Lipinski definition) is 0. The molecule has 0 aromatic heterocycles. The smallest absolute Gasteiger partial charge is 0.0400 e. The Hall–Kier alpha value is -3.48. The average molecular weight is 300 g/mol. The number of benzene rings is 3. The summed E-state index contributed by atoms with van der Waals surface area (Å²) < 4.78 is 0. The van der Waals surface area contributed by atoms with Crippen LogP contribution in [0.15, 0.2) is 60.7 Å². The van der Waals surface area contributed by atoms with Gasteiger partial charge < -0.3 is 0 Å². The highest BCUT2D eigenvalue weighted by Gasteiger charge is 2.23. The molecule has 3 aromatic carbocycles. The highest BCUT2D eigenvalue weighted by atomic mass is 14.3. The normalized spacial score (nSPS) is 12.8. The van der Waals surface area contributed by atoms with Crippen molar-refractivity contribution in [1.29, 1.82) is 0 Å². The number of hydrogen-bond donors (Lipinski definition) is 0. The third-order valence-electron chi connectivity index (χ3n) is 4.96. The zero-order valence-corrected chi connectivity index (χ0v) is 12.9. The van der Waals surface area contributed by atoms with Gasteiger partial charge >= 0.3 is 0 Å². The van der Waals surface area contributed by atoms with E-state index in [-0.39, 0.29) is 0 Å². The minimum Gasteiger partial charge on any atom is -0.115 e. The molecule has 0 heteroatoms. The van der Waals surface area contributed by atoms with E-state index in [4.69, 9.17) is 12.8 Å². The Bertz CT molecular complexity index is 1150. The van der Waals surface area contributed by atoms with E-state index in [0.717, 1.165) is 32.7 Å². The van der Waals surface area contributed by atoms with Crippen molar-refractivity contribution in [3.8, 4) is 46.9 Å². The van der Waals surface area contributed by atoms with Crippen LogP contribution in [0.5, 0.6) is 0 Å². The van der Waals surface area contributed by atoms with E-state index in [2.05, 4.69) is 60.4 Å². The summed E-state index contributed by atoms with van der Waals surface area (Å²) in [6.45, 7) is 0. The van der Waals surface area contributed by atoms with Gasteiger partial charge in [-0.25, -0.2) is 0 Å². The Kier molecular flexibility index (Phi) is 2.44. The van der Waals surface area contributed by atoms with Gasteiger partial charge in [0.2, 0.25) is 0 Å². The second kappa shape index (κ2) is 4.51. The van der Waals surface area contributed by atoms with Gasteiger partial charge in [0.15, 0.2) is 0 Å². The predicted molar refractivity (Wildman–Crippen MR) is 99.2 cm³/mol. The molecule has 0 fully saturated rings. The van der Waals surface area contributed by atoms with E-state index in [1.807, 2.05) is 12.1 Å². The SMILES string of the molecule is C#CC1=c2cc3c(cc2-c2ccccc21)=C(C#C)c1ccccc1-3. The van der Waals surface area contributed by atoms with Crippen LogP contribution in [0.3, 0.4) is 0 Å². The maximum absolute atomic E-state index is 5.83. The fourth-order valence-electron chi connectivity index (χ4n) is 3.93. The lowest BCUT2D eigenvalue weighted by Crippen LogP contribution is -2.13. The van der Waals surface area contributed by atoms with Gasteiger partial charge in [-0.3, -0.25) is 0 Å². The Morgan fingerprint density at radius 1 is 0.500 bits per heavy atom. The Morgan fingerprint density at radius 2 is 0.875 bits per heavy atom. The van der Waals surface area contributed by atoms with Gasteiger partial charge in [0, 0.05) is 11.1 Å². The van der Waals surface area contributed by atoms with Gasteiger partial charge in [-0.2, -0.15) is 0 Å². The number of fused-ring (bicyclic) bond motifs is 6. The lowest BCUT2D eigenvalue weighted by molar-refractivity contribution is 1.55. The molecule has 0 radical (unpaired) electrons. The first-order valence-electron chi connectivity index (χ1n) is 7.89. The van der Waals surface area contributed by atoms with Crippen LogP contribution in [0.4, 0.5) is 0 Å². The van der Waals surface area contributed by atoms with Gasteiger partial charge in [0.25, 0.3) is 0 Å². The molecule has 0 saturated heterocycles.